The second-order valence-electron chi connectivity index (χ2n) is 6.16. The predicted molar refractivity (Wildman–Crippen MR) is 75.4 cm³/mol. The highest BCUT2D eigenvalue weighted by atomic mass is 32.2. The first kappa shape index (κ1) is 16.7. The number of Topliss-reactive ketones (excluding diaryl/α,β-unsaturated/α-hetero) is 2. The molecule has 17 heavy (non-hydrogen) atoms. The zero-order chi connectivity index (χ0) is 14.0. The molecule has 100 valence electrons. The van der Waals surface area contributed by atoms with Gasteiger partial charge < -0.3 is 0 Å². The van der Waals surface area contributed by atoms with Gasteiger partial charge in [0.2, 0.25) is 0 Å². The largest absolute Gasteiger partial charge is 0.298 e. The molecular weight excluding hydrogens is 232 g/mol. The Bertz CT molecular complexity index is 271. The maximum Gasteiger partial charge on any atom is 0.150 e. The van der Waals surface area contributed by atoms with Gasteiger partial charge in [0.05, 0.1) is 9.49 Å². The van der Waals surface area contributed by atoms with Gasteiger partial charge in [-0.15, -0.1) is 11.8 Å². The van der Waals surface area contributed by atoms with Crippen LogP contribution in [0.5, 0.6) is 0 Å². The van der Waals surface area contributed by atoms with E-state index in [1.165, 1.54) is 11.8 Å². The van der Waals surface area contributed by atoms with Gasteiger partial charge in [-0.25, -0.2) is 0 Å². The second-order valence-corrected chi connectivity index (χ2v) is 8.41. The summed E-state index contributed by atoms with van der Waals surface area (Å²) >= 11 is 1.48. The smallest absolute Gasteiger partial charge is 0.150 e. The summed E-state index contributed by atoms with van der Waals surface area (Å²) in [5.74, 6) is 0.407. The summed E-state index contributed by atoms with van der Waals surface area (Å²) in [7, 11) is 0. The Morgan fingerprint density at radius 3 is 1.18 bits per heavy atom. The lowest BCUT2D eigenvalue weighted by molar-refractivity contribution is -0.123. The van der Waals surface area contributed by atoms with Gasteiger partial charge in [-0.05, 0) is 27.7 Å². The predicted octanol–water partition coefficient (Wildman–Crippen LogP) is 3.73. The molecule has 0 bridgehead atoms. The minimum absolute atomic E-state index is 0.00227. The molecule has 0 radical (unpaired) electrons. The van der Waals surface area contributed by atoms with E-state index in [-0.39, 0.29) is 23.4 Å². The Morgan fingerprint density at radius 1 is 0.765 bits per heavy atom. The van der Waals surface area contributed by atoms with Crippen molar-refractivity contribution in [2.24, 2.45) is 11.8 Å². The standard InChI is InChI=1S/C14H26O2S/c1-9(2)11(15)13(5,6)17-14(7,8)12(16)10(3)4/h9-10H,1-8H3. The van der Waals surface area contributed by atoms with Crippen LogP contribution < -0.4 is 0 Å². The average molecular weight is 258 g/mol. The highest BCUT2D eigenvalue weighted by Crippen LogP contribution is 2.40. The first-order chi connectivity index (χ1) is 7.42. The van der Waals surface area contributed by atoms with Gasteiger partial charge in [-0.3, -0.25) is 9.59 Å². The molecule has 0 aromatic heterocycles. The van der Waals surface area contributed by atoms with Crippen molar-refractivity contribution in [1.29, 1.82) is 0 Å². The summed E-state index contributed by atoms with van der Waals surface area (Å²) in [5, 5.41) is 0. The molecule has 0 rings (SSSR count). The fourth-order valence-corrected chi connectivity index (χ4v) is 4.08. The van der Waals surface area contributed by atoms with Crippen molar-refractivity contribution in [3.05, 3.63) is 0 Å². The van der Waals surface area contributed by atoms with Gasteiger partial charge in [0.1, 0.15) is 0 Å². The number of thioether (sulfide) groups is 1. The van der Waals surface area contributed by atoms with Crippen molar-refractivity contribution in [2.45, 2.75) is 64.9 Å². The van der Waals surface area contributed by atoms with Crippen molar-refractivity contribution in [2.75, 3.05) is 0 Å². The van der Waals surface area contributed by atoms with Gasteiger partial charge in [0, 0.05) is 11.8 Å². The third kappa shape index (κ3) is 4.46. The summed E-state index contributed by atoms with van der Waals surface area (Å²) in [6.07, 6.45) is 0. The Labute approximate surface area is 110 Å². The van der Waals surface area contributed by atoms with E-state index in [0.717, 1.165) is 0 Å². The van der Waals surface area contributed by atoms with E-state index in [1.807, 2.05) is 55.4 Å². The van der Waals surface area contributed by atoms with Crippen LogP contribution in [0.4, 0.5) is 0 Å². The van der Waals surface area contributed by atoms with Crippen LogP contribution in [0.2, 0.25) is 0 Å². The van der Waals surface area contributed by atoms with Gasteiger partial charge >= 0.3 is 0 Å². The maximum atomic E-state index is 12.1. The normalized spacial score (nSPS) is 13.3. The van der Waals surface area contributed by atoms with Crippen molar-refractivity contribution in [1.82, 2.24) is 0 Å². The lowest BCUT2D eigenvalue weighted by atomic mass is 9.97. The van der Waals surface area contributed by atoms with E-state index < -0.39 is 9.49 Å². The van der Waals surface area contributed by atoms with Crippen LogP contribution in [0.3, 0.4) is 0 Å². The molecule has 2 nitrogen and oxygen atoms in total. The molecule has 0 aliphatic rings. The molecule has 0 amide bonds. The molecule has 0 unspecified atom stereocenters. The summed E-state index contributed by atoms with van der Waals surface area (Å²) in [5.41, 5.74) is 0. The molecule has 0 heterocycles. The van der Waals surface area contributed by atoms with E-state index in [0.29, 0.717) is 0 Å². The summed E-state index contributed by atoms with van der Waals surface area (Å²) < 4.78 is -1.02. The Kier molecular flexibility index (Phi) is 5.45. The van der Waals surface area contributed by atoms with E-state index in [9.17, 15) is 9.59 Å². The summed E-state index contributed by atoms with van der Waals surface area (Å²) in [4.78, 5) is 24.2. The SMILES string of the molecule is CC(C)C(=O)C(C)(C)SC(C)(C)C(=O)C(C)C. The fraction of sp³-hybridized carbons (Fsp3) is 0.857. The number of hydrogen-bond acceptors (Lipinski definition) is 3. The average Bonchev–Trinajstić information content (AvgIpc) is 2.13. The first-order valence-electron chi connectivity index (χ1n) is 6.20. The number of hydrogen-bond donors (Lipinski definition) is 0. The molecule has 0 saturated carbocycles. The molecule has 0 aromatic carbocycles. The quantitative estimate of drug-likeness (QED) is 0.728. The van der Waals surface area contributed by atoms with Gasteiger partial charge in [-0.2, -0.15) is 0 Å². The van der Waals surface area contributed by atoms with Crippen molar-refractivity contribution >= 4 is 23.3 Å². The van der Waals surface area contributed by atoms with Crippen molar-refractivity contribution in [3.63, 3.8) is 0 Å². The number of carbonyl (C=O) groups excluding carboxylic acids is 2. The first-order valence-corrected chi connectivity index (χ1v) is 7.02. The molecule has 0 fully saturated rings. The summed E-state index contributed by atoms with van der Waals surface area (Å²) in [6, 6.07) is 0. The van der Waals surface area contributed by atoms with Crippen LogP contribution >= 0.6 is 11.8 Å². The van der Waals surface area contributed by atoms with E-state index in [2.05, 4.69) is 0 Å². The van der Waals surface area contributed by atoms with Gasteiger partial charge in [0.25, 0.3) is 0 Å². The molecule has 0 atom stereocenters. The van der Waals surface area contributed by atoms with Gasteiger partial charge in [-0.1, -0.05) is 27.7 Å². The summed E-state index contributed by atoms with van der Waals surface area (Å²) in [6.45, 7) is 15.3. The highest BCUT2D eigenvalue weighted by Gasteiger charge is 2.40. The monoisotopic (exact) mass is 258 g/mol. The molecule has 0 aliphatic heterocycles. The Hall–Kier alpha value is -0.310. The van der Waals surface area contributed by atoms with Crippen LogP contribution in [0.1, 0.15) is 55.4 Å². The number of carbonyl (C=O) groups is 2. The van der Waals surface area contributed by atoms with Crippen LogP contribution in [0, 0.1) is 11.8 Å². The van der Waals surface area contributed by atoms with Gasteiger partial charge in [0.15, 0.2) is 11.6 Å². The number of ketones is 2. The van der Waals surface area contributed by atoms with Crippen LogP contribution in [-0.2, 0) is 9.59 Å². The lowest BCUT2D eigenvalue weighted by Crippen LogP contribution is -2.41. The molecule has 0 aliphatic carbocycles. The Morgan fingerprint density at radius 2 is 1.00 bits per heavy atom. The van der Waals surface area contributed by atoms with Crippen LogP contribution in [-0.4, -0.2) is 21.1 Å². The molecule has 0 N–H and O–H groups in total. The molecule has 0 aromatic rings. The van der Waals surface area contributed by atoms with Crippen LogP contribution in [0.25, 0.3) is 0 Å². The fourth-order valence-electron chi connectivity index (χ4n) is 2.13. The topological polar surface area (TPSA) is 34.1 Å². The second kappa shape index (κ2) is 5.55. The van der Waals surface area contributed by atoms with E-state index in [4.69, 9.17) is 0 Å². The highest BCUT2D eigenvalue weighted by molar-refractivity contribution is 8.03. The molecule has 0 saturated heterocycles. The third-order valence-electron chi connectivity index (χ3n) is 2.75. The minimum Gasteiger partial charge on any atom is -0.298 e. The zero-order valence-corrected chi connectivity index (χ0v) is 13.2. The molecule has 3 heteroatoms. The maximum absolute atomic E-state index is 12.1. The number of rotatable bonds is 6. The third-order valence-corrected chi connectivity index (χ3v) is 4.17. The van der Waals surface area contributed by atoms with E-state index >= 15 is 0 Å². The van der Waals surface area contributed by atoms with Crippen LogP contribution in [0.15, 0.2) is 0 Å². The molecule has 0 spiro atoms. The van der Waals surface area contributed by atoms with Crippen molar-refractivity contribution in [3.8, 4) is 0 Å². The minimum atomic E-state index is -0.512. The Balaban J connectivity index is 4.94. The van der Waals surface area contributed by atoms with E-state index in [1.54, 1.807) is 0 Å². The lowest BCUT2D eigenvalue weighted by Gasteiger charge is -2.34. The zero-order valence-electron chi connectivity index (χ0n) is 12.4. The molecular formula is C14H26O2S. The van der Waals surface area contributed by atoms with Crippen molar-refractivity contribution < 1.29 is 9.59 Å².